The molecule has 4 rings (SSSR count). The second kappa shape index (κ2) is 14.3. The number of aromatic amines is 1. The summed E-state index contributed by atoms with van der Waals surface area (Å²) in [4.78, 5) is 8.85. The molecule has 0 spiro atoms. The highest BCUT2D eigenvalue weighted by molar-refractivity contribution is 6.15. The summed E-state index contributed by atoms with van der Waals surface area (Å²) in [6.07, 6.45) is 16.6. The van der Waals surface area contributed by atoms with Gasteiger partial charge in [-0.3, -0.25) is 0 Å². The minimum Gasteiger partial charge on any atom is -0.355 e. The van der Waals surface area contributed by atoms with Crippen molar-refractivity contribution < 1.29 is 0 Å². The number of rotatable bonds is 10. The Kier molecular flexibility index (Phi) is 10.3. The first-order chi connectivity index (χ1) is 20.4. The van der Waals surface area contributed by atoms with Gasteiger partial charge in [0.05, 0.1) is 11.4 Å². The van der Waals surface area contributed by atoms with Crippen molar-refractivity contribution in [2.75, 3.05) is 0 Å². The van der Waals surface area contributed by atoms with E-state index >= 15 is 0 Å². The fraction of sp³-hybridized carbons (Fsp3) is 0.175. The Morgan fingerprint density at radius 1 is 0.857 bits per heavy atom. The van der Waals surface area contributed by atoms with Crippen molar-refractivity contribution in [3.63, 3.8) is 0 Å². The summed E-state index contributed by atoms with van der Waals surface area (Å²) in [5, 5.41) is 3.70. The third kappa shape index (κ3) is 6.78. The van der Waals surface area contributed by atoms with E-state index in [0.29, 0.717) is 0 Å². The van der Waals surface area contributed by atoms with Crippen molar-refractivity contribution in [3.05, 3.63) is 149 Å². The summed E-state index contributed by atoms with van der Waals surface area (Å²) in [6, 6.07) is 24.0. The number of hydrogen-bond acceptors (Lipinski definition) is 1. The number of nitrogens with zero attached hydrogens (tertiary/aromatic N) is 1. The Balaban J connectivity index is 1.86. The summed E-state index contributed by atoms with van der Waals surface area (Å²) in [5.74, 6) is 0. The molecule has 1 heterocycles. The van der Waals surface area contributed by atoms with Gasteiger partial charge in [0.15, 0.2) is 0 Å². The predicted molar refractivity (Wildman–Crippen MR) is 186 cm³/mol. The average molecular weight is 551 g/mol. The van der Waals surface area contributed by atoms with Crippen LogP contribution >= 0.6 is 0 Å². The number of nitrogens with one attached hydrogen (secondary N) is 1. The molecule has 0 saturated carbocycles. The molecule has 0 unspecified atom stereocenters. The van der Waals surface area contributed by atoms with Crippen molar-refractivity contribution >= 4 is 34.3 Å². The molecule has 0 aliphatic rings. The largest absolute Gasteiger partial charge is 0.355 e. The van der Waals surface area contributed by atoms with Crippen LogP contribution in [0.15, 0.2) is 127 Å². The molecule has 1 N–H and O–H groups in total. The second-order valence-electron chi connectivity index (χ2n) is 10.4. The van der Waals surface area contributed by atoms with Crippen molar-refractivity contribution in [2.45, 2.75) is 47.5 Å². The average Bonchev–Trinajstić information content (AvgIpc) is 3.34. The lowest BCUT2D eigenvalue weighted by Gasteiger charge is -2.12. The number of aromatic nitrogens is 1. The first kappa shape index (κ1) is 30.3. The van der Waals surface area contributed by atoms with Crippen LogP contribution in [0.1, 0.15) is 64.2 Å². The van der Waals surface area contributed by atoms with Crippen molar-refractivity contribution in [1.29, 1.82) is 0 Å². The van der Waals surface area contributed by atoms with Crippen molar-refractivity contribution in [1.82, 2.24) is 4.98 Å². The van der Waals surface area contributed by atoms with E-state index in [1.54, 1.807) is 0 Å². The fourth-order valence-corrected chi connectivity index (χ4v) is 5.25. The molecule has 3 aromatic carbocycles. The molecule has 212 valence electrons. The van der Waals surface area contributed by atoms with E-state index in [4.69, 9.17) is 4.99 Å². The van der Waals surface area contributed by atoms with E-state index in [1.165, 1.54) is 16.0 Å². The van der Waals surface area contributed by atoms with Gasteiger partial charge in [-0.1, -0.05) is 124 Å². The van der Waals surface area contributed by atoms with E-state index in [9.17, 15) is 0 Å². The maximum atomic E-state index is 5.18. The number of benzene rings is 3. The number of H-pyrrole nitrogens is 1. The molecule has 0 radical (unpaired) electrons. The molecule has 0 saturated heterocycles. The van der Waals surface area contributed by atoms with Crippen LogP contribution in [0, 0.1) is 0 Å². The highest BCUT2D eigenvalue weighted by atomic mass is 14.8. The minimum atomic E-state index is 0.886. The highest BCUT2D eigenvalue weighted by Crippen LogP contribution is 2.26. The Hall–Kier alpha value is -4.69. The molecule has 0 fully saturated rings. The van der Waals surface area contributed by atoms with E-state index in [0.717, 1.165) is 68.7 Å². The number of allylic oxidation sites excluding steroid dienone is 7. The minimum absolute atomic E-state index is 0.886. The topological polar surface area (TPSA) is 28.1 Å². The van der Waals surface area contributed by atoms with E-state index in [-0.39, 0.29) is 0 Å². The van der Waals surface area contributed by atoms with Crippen LogP contribution in [0.3, 0.4) is 0 Å². The third-order valence-electron chi connectivity index (χ3n) is 7.23. The Labute approximate surface area is 251 Å². The maximum Gasteiger partial charge on any atom is 0.0782 e. The van der Waals surface area contributed by atoms with Crippen LogP contribution in [-0.2, 0) is 0 Å². The molecule has 0 amide bonds. The van der Waals surface area contributed by atoms with E-state index in [1.807, 2.05) is 45.1 Å². The zero-order valence-corrected chi connectivity index (χ0v) is 25.7. The first-order valence-electron chi connectivity index (χ1n) is 14.8. The van der Waals surface area contributed by atoms with Crippen molar-refractivity contribution in [3.8, 4) is 11.1 Å². The Morgan fingerprint density at radius 3 is 2.21 bits per heavy atom. The lowest BCUT2D eigenvalue weighted by atomic mass is 9.95. The van der Waals surface area contributed by atoms with Gasteiger partial charge >= 0.3 is 0 Å². The van der Waals surface area contributed by atoms with E-state index in [2.05, 4.69) is 117 Å². The van der Waals surface area contributed by atoms with Gasteiger partial charge in [0.1, 0.15) is 0 Å². The van der Waals surface area contributed by atoms with Crippen LogP contribution in [0.25, 0.3) is 39.8 Å². The lowest BCUT2D eigenvalue weighted by molar-refractivity contribution is 1.23. The van der Waals surface area contributed by atoms with Gasteiger partial charge in [-0.2, -0.15) is 0 Å². The second-order valence-corrected chi connectivity index (χ2v) is 10.4. The molecule has 42 heavy (non-hydrogen) atoms. The number of hydrogen-bond donors (Lipinski definition) is 1. The van der Waals surface area contributed by atoms with Gasteiger partial charge in [-0.25, -0.2) is 4.99 Å². The van der Waals surface area contributed by atoms with Crippen LogP contribution in [0.5, 0.6) is 0 Å². The molecule has 1 aromatic heterocycles. The molecule has 0 aliphatic heterocycles. The molecule has 0 bridgehead atoms. The SMILES string of the molecule is C=C/C=C(\C=C/C)c1ccc(-c2cccc(C(=N/C(=C\C)C(=C)C)c3ccc4c(=C/CC)/c(=C\CC)[nH]c4c3)c2)cc1. The molecule has 0 atom stereocenters. The zero-order chi connectivity index (χ0) is 30.1. The van der Waals surface area contributed by atoms with Crippen LogP contribution < -0.4 is 10.6 Å². The molecule has 2 nitrogen and oxygen atoms in total. The van der Waals surface area contributed by atoms with Gasteiger partial charge in [0, 0.05) is 32.6 Å². The standard InChI is InChI=1S/C40H42N2/c1-8-14-29(15-9-2)30-20-22-31(23-21-30)32-18-13-19-33(26-32)40(42-37(12-5)28(6)7)34-24-25-36-35(16-10-3)38(17-11-4)41-39(36)27-34/h8-9,12-27,41H,1,6,10-11H2,2-5,7H3/b15-9-,29-14+,35-16-,37-12-,38-17+,42-40?. The third-order valence-corrected chi connectivity index (χ3v) is 7.23. The molecular weight excluding hydrogens is 508 g/mol. The number of fused-ring (bicyclic) bond motifs is 1. The zero-order valence-electron chi connectivity index (χ0n) is 25.7. The summed E-state index contributed by atoms with van der Waals surface area (Å²) in [7, 11) is 0. The fourth-order valence-electron chi connectivity index (χ4n) is 5.25. The monoisotopic (exact) mass is 550 g/mol. The highest BCUT2D eigenvalue weighted by Gasteiger charge is 2.13. The van der Waals surface area contributed by atoms with Gasteiger partial charge in [0.2, 0.25) is 0 Å². The normalized spacial score (nSPS) is 13.9. The number of aliphatic imine (C=N–C) groups is 1. The van der Waals surface area contributed by atoms with Gasteiger partial charge in [-0.15, -0.1) is 0 Å². The lowest BCUT2D eigenvalue weighted by Crippen LogP contribution is -2.22. The molecule has 0 aliphatic carbocycles. The van der Waals surface area contributed by atoms with Crippen LogP contribution in [0.2, 0.25) is 0 Å². The summed E-state index contributed by atoms with van der Waals surface area (Å²) in [6.45, 7) is 18.5. The van der Waals surface area contributed by atoms with Gasteiger partial charge in [0.25, 0.3) is 0 Å². The Morgan fingerprint density at radius 2 is 1.57 bits per heavy atom. The summed E-state index contributed by atoms with van der Waals surface area (Å²) in [5.41, 5.74) is 10.6. The molecule has 2 heteroatoms. The van der Waals surface area contributed by atoms with Crippen LogP contribution in [0.4, 0.5) is 0 Å². The van der Waals surface area contributed by atoms with Crippen molar-refractivity contribution in [2.24, 2.45) is 4.99 Å². The molecular formula is C40H42N2. The first-order valence-corrected chi connectivity index (χ1v) is 14.8. The maximum absolute atomic E-state index is 5.18. The smallest absolute Gasteiger partial charge is 0.0782 e. The van der Waals surface area contributed by atoms with Gasteiger partial charge in [-0.05, 0) is 73.6 Å². The van der Waals surface area contributed by atoms with Gasteiger partial charge < -0.3 is 4.98 Å². The summed E-state index contributed by atoms with van der Waals surface area (Å²) >= 11 is 0. The quantitative estimate of drug-likeness (QED) is 0.150. The van der Waals surface area contributed by atoms with Crippen LogP contribution in [-0.4, -0.2) is 10.7 Å². The predicted octanol–water partition coefficient (Wildman–Crippen LogP) is 9.68. The molecule has 4 aromatic rings. The summed E-state index contributed by atoms with van der Waals surface area (Å²) < 4.78 is 0. The van der Waals surface area contributed by atoms with E-state index < -0.39 is 0 Å². The Bertz CT molecular complexity index is 1830.